The summed E-state index contributed by atoms with van der Waals surface area (Å²) in [4.78, 5) is 26.9. The van der Waals surface area contributed by atoms with Gasteiger partial charge in [-0.1, -0.05) is 6.07 Å². The van der Waals surface area contributed by atoms with Crippen molar-refractivity contribution in [2.75, 3.05) is 0 Å². The van der Waals surface area contributed by atoms with Gasteiger partial charge in [0.2, 0.25) is 0 Å². The Morgan fingerprint density at radius 3 is 2.78 bits per heavy atom. The van der Waals surface area contributed by atoms with Gasteiger partial charge in [0, 0.05) is 18.1 Å². The smallest absolute Gasteiger partial charge is 0.341 e. The Labute approximate surface area is 103 Å². The summed E-state index contributed by atoms with van der Waals surface area (Å²) in [5.74, 6) is -1.21. The van der Waals surface area contributed by atoms with Crippen molar-refractivity contribution < 1.29 is 9.90 Å². The highest BCUT2D eigenvalue weighted by Gasteiger charge is 2.12. The second-order valence-electron chi connectivity index (χ2n) is 3.95. The highest BCUT2D eigenvalue weighted by molar-refractivity contribution is 5.87. The highest BCUT2D eigenvalue weighted by Crippen LogP contribution is 2.03. The number of aromatic nitrogens is 2. The van der Waals surface area contributed by atoms with Crippen LogP contribution in [0, 0.1) is 6.92 Å². The maximum absolute atomic E-state index is 12.0. The average molecular weight is 244 g/mol. The third-order valence-electron chi connectivity index (χ3n) is 2.69. The number of aromatic carboxylic acids is 1. The van der Waals surface area contributed by atoms with E-state index in [0.717, 1.165) is 5.56 Å². The van der Waals surface area contributed by atoms with Crippen LogP contribution in [0.4, 0.5) is 0 Å². The number of aryl methyl sites for hydroxylation is 1. The maximum Gasteiger partial charge on any atom is 0.341 e. The average Bonchev–Trinajstić information content (AvgIpc) is 2.35. The fourth-order valence-corrected chi connectivity index (χ4v) is 1.70. The molecule has 0 aliphatic rings. The fraction of sp³-hybridized carbons (Fsp3) is 0.154. The molecule has 0 unspecified atom stereocenters. The van der Waals surface area contributed by atoms with Crippen molar-refractivity contribution in [3.05, 3.63) is 63.8 Å². The number of nitrogens with zero attached hydrogens (tertiary/aromatic N) is 2. The molecule has 5 nitrogen and oxygen atoms in total. The number of carboxylic acid groups (broad SMARTS) is 1. The van der Waals surface area contributed by atoms with Crippen molar-refractivity contribution in [1.29, 1.82) is 0 Å². The Morgan fingerprint density at radius 1 is 1.39 bits per heavy atom. The van der Waals surface area contributed by atoms with Gasteiger partial charge in [0.05, 0.1) is 6.54 Å². The molecule has 0 saturated heterocycles. The van der Waals surface area contributed by atoms with Crippen LogP contribution in [-0.4, -0.2) is 20.6 Å². The Bertz CT molecular complexity index is 632. The molecule has 0 aliphatic carbocycles. The van der Waals surface area contributed by atoms with Crippen molar-refractivity contribution in [3.8, 4) is 0 Å². The lowest BCUT2D eigenvalue weighted by molar-refractivity contribution is 0.0694. The maximum atomic E-state index is 12.0. The third-order valence-corrected chi connectivity index (χ3v) is 2.69. The van der Waals surface area contributed by atoms with Crippen molar-refractivity contribution in [2.24, 2.45) is 0 Å². The monoisotopic (exact) mass is 244 g/mol. The summed E-state index contributed by atoms with van der Waals surface area (Å²) >= 11 is 0. The van der Waals surface area contributed by atoms with E-state index in [9.17, 15) is 9.59 Å². The van der Waals surface area contributed by atoms with Crippen molar-refractivity contribution in [3.63, 3.8) is 0 Å². The topological polar surface area (TPSA) is 72.2 Å². The molecule has 92 valence electrons. The van der Waals surface area contributed by atoms with Crippen LogP contribution < -0.4 is 5.56 Å². The van der Waals surface area contributed by atoms with Gasteiger partial charge in [0.1, 0.15) is 5.56 Å². The van der Waals surface area contributed by atoms with E-state index in [-0.39, 0.29) is 5.56 Å². The van der Waals surface area contributed by atoms with Crippen LogP contribution in [0.25, 0.3) is 0 Å². The van der Waals surface area contributed by atoms with Crippen molar-refractivity contribution >= 4 is 5.97 Å². The Hall–Kier alpha value is -2.43. The second kappa shape index (κ2) is 4.83. The molecule has 0 aliphatic heterocycles. The molecule has 0 aromatic carbocycles. The minimum atomic E-state index is -1.21. The zero-order valence-electron chi connectivity index (χ0n) is 9.83. The van der Waals surface area contributed by atoms with Gasteiger partial charge in [0.15, 0.2) is 0 Å². The lowest BCUT2D eigenvalue weighted by Gasteiger charge is -2.10. The summed E-state index contributed by atoms with van der Waals surface area (Å²) in [5.41, 5.74) is 0.856. The normalized spacial score (nSPS) is 10.3. The molecule has 0 bridgehead atoms. The zero-order valence-corrected chi connectivity index (χ0v) is 9.83. The molecule has 5 heteroatoms. The van der Waals surface area contributed by atoms with Crippen molar-refractivity contribution in [2.45, 2.75) is 13.5 Å². The van der Waals surface area contributed by atoms with Gasteiger partial charge in [-0.2, -0.15) is 0 Å². The van der Waals surface area contributed by atoms with E-state index in [1.165, 1.54) is 10.6 Å². The Morgan fingerprint density at radius 2 is 2.17 bits per heavy atom. The fourth-order valence-electron chi connectivity index (χ4n) is 1.70. The predicted molar refractivity (Wildman–Crippen MR) is 65.7 cm³/mol. The first kappa shape index (κ1) is 12.0. The molecule has 0 radical (unpaired) electrons. The highest BCUT2D eigenvalue weighted by atomic mass is 16.4. The summed E-state index contributed by atoms with van der Waals surface area (Å²) in [6, 6.07) is 6.57. The second-order valence-corrected chi connectivity index (χ2v) is 3.95. The molecule has 2 aromatic rings. The molecule has 18 heavy (non-hydrogen) atoms. The molecule has 2 rings (SSSR count). The molecule has 0 spiro atoms. The summed E-state index contributed by atoms with van der Waals surface area (Å²) < 4.78 is 1.43. The first-order valence-electron chi connectivity index (χ1n) is 5.42. The van der Waals surface area contributed by atoms with E-state index < -0.39 is 11.5 Å². The number of carbonyl (C=O) groups is 1. The molecule has 0 fully saturated rings. The van der Waals surface area contributed by atoms with Crippen LogP contribution in [0.5, 0.6) is 0 Å². The molecule has 0 saturated carbocycles. The lowest BCUT2D eigenvalue weighted by Crippen LogP contribution is -2.28. The molecule has 2 heterocycles. The van der Waals surface area contributed by atoms with E-state index in [0.29, 0.717) is 12.2 Å². The predicted octanol–water partition coefficient (Wildman–Crippen LogP) is 1.30. The van der Waals surface area contributed by atoms with E-state index in [2.05, 4.69) is 4.98 Å². The summed E-state index contributed by atoms with van der Waals surface area (Å²) in [5, 5.41) is 8.92. The zero-order chi connectivity index (χ0) is 13.1. The molecule has 0 amide bonds. The van der Waals surface area contributed by atoms with E-state index >= 15 is 0 Å². The summed E-state index contributed by atoms with van der Waals surface area (Å²) in [6.07, 6.45) is 3.30. The van der Waals surface area contributed by atoms with Gasteiger partial charge in [-0.15, -0.1) is 0 Å². The van der Waals surface area contributed by atoms with E-state index in [4.69, 9.17) is 5.11 Å². The van der Waals surface area contributed by atoms with Crippen LogP contribution >= 0.6 is 0 Å². The van der Waals surface area contributed by atoms with Gasteiger partial charge in [-0.3, -0.25) is 9.78 Å². The van der Waals surface area contributed by atoms with Gasteiger partial charge < -0.3 is 9.67 Å². The van der Waals surface area contributed by atoms with Crippen LogP contribution in [0.2, 0.25) is 0 Å². The Kier molecular flexibility index (Phi) is 3.23. The molecular formula is C13H12N2O3. The first-order chi connectivity index (χ1) is 8.59. The lowest BCUT2D eigenvalue weighted by atomic mass is 10.2. The largest absolute Gasteiger partial charge is 0.477 e. The molecule has 2 aromatic heterocycles. The van der Waals surface area contributed by atoms with Crippen LogP contribution in [0.1, 0.15) is 21.6 Å². The first-order valence-corrected chi connectivity index (χ1v) is 5.42. The van der Waals surface area contributed by atoms with E-state index in [1.54, 1.807) is 31.5 Å². The van der Waals surface area contributed by atoms with Gasteiger partial charge in [0.25, 0.3) is 5.56 Å². The van der Waals surface area contributed by atoms with Gasteiger partial charge >= 0.3 is 5.97 Å². The minimum Gasteiger partial charge on any atom is -0.477 e. The molecular weight excluding hydrogens is 232 g/mol. The number of hydrogen-bond donors (Lipinski definition) is 1. The van der Waals surface area contributed by atoms with Gasteiger partial charge in [-0.25, -0.2) is 4.79 Å². The van der Waals surface area contributed by atoms with Crippen LogP contribution in [-0.2, 0) is 6.54 Å². The van der Waals surface area contributed by atoms with Crippen LogP contribution in [0.15, 0.2) is 41.5 Å². The quantitative estimate of drug-likeness (QED) is 0.883. The summed E-state index contributed by atoms with van der Waals surface area (Å²) in [7, 11) is 0. The number of carboxylic acids is 1. The van der Waals surface area contributed by atoms with Crippen LogP contribution in [0.3, 0.4) is 0 Å². The molecule has 0 atom stereocenters. The molecule has 1 N–H and O–H groups in total. The number of rotatable bonds is 3. The number of pyridine rings is 2. The van der Waals surface area contributed by atoms with E-state index in [1.807, 2.05) is 6.07 Å². The SMILES string of the molecule is Cc1ccc(C(=O)O)c(=O)n1Cc1cccnc1. The third kappa shape index (κ3) is 2.29. The summed E-state index contributed by atoms with van der Waals surface area (Å²) in [6.45, 7) is 2.09. The number of hydrogen-bond acceptors (Lipinski definition) is 3. The van der Waals surface area contributed by atoms with Gasteiger partial charge in [-0.05, 0) is 30.7 Å². The van der Waals surface area contributed by atoms with Crippen molar-refractivity contribution in [1.82, 2.24) is 9.55 Å². The standard InChI is InChI=1S/C13H12N2O3/c1-9-4-5-11(13(17)18)12(16)15(9)8-10-3-2-6-14-7-10/h2-7H,8H2,1H3,(H,17,18). The Balaban J connectivity index is 2.48. The minimum absolute atomic E-state index is 0.218.